The molecule has 1 aliphatic rings. The summed E-state index contributed by atoms with van der Waals surface area (Å²) in [5, 5.41) is 1.91. The molecule has 29 heavy (non-hydrogen) atoms. The van der Waals surface area contributed by atoms with Gasteiger partial charge < -0.3 is 9.64 Å². The molecule has 1 amide bonds. The van der Waals surface area contributed by atoms with Crippen molar-refractivity contribution in [3.63, 3.8) is 0 Å². The molecule has 3 aromatic rings. The number of carbonyl (C=O) groups is 2. The van der Waals surface area contributed by atoms with E-state index in [-0.39, 0.29) is 24.4 Å². The molecule has 0 spiro atoms. The number of esters is 1. The number of carbonyl (C=O) groups excluding carboxylic acids is 2. The van der Waals surface area contributed by atoms with Gasteiger partial charge in [-0.05, 0) is 41.0 Å². The minimum Gasteiger partial charge on any atom is -0.461 e. The molecule has 4 rings (SSSR count). The van der Waals surface area contributed by atoms with Crippen molar-refractivity contribution in [2.75, 3.05) is 13.1 Å². The summed E-state index contributed by atoms with van der Waals surface area (Å²) in [6, 6.07) is 22.0. The Balaban J connectivity index is 1.26. The van der Waals surface area contributed by atoms with E-state index in [9.17, 15) is 9.59 Å². The smallest absolute Gasteiger partial charge is 0.309 e. The number of ether oxygens (including phenoxy) is 1. The molecule has 1 fully saturated rings. The number of amides is 1. The van der Waals surface area contributed by atoms with Gasteiger partial charge in [-0.15, -0.1) is 11.3 Å². The number of rotatable bonds is 5. The van der Waals surface area contributed by atoms with E-state index in [1.54, 1.807) is 0 Å². The monoisotopic (exact) mass is 405 g/mol. The van der Waals surface area contributed by atoms with E-state index in [4.69, 9.17) is 4.74 Å². The summed E-state index contributed by atoms with van der Waals surface area (Å²) >= 11 is 1.45. The zero-order valence-corrected chi connectivity index (χ0v) is 16.9. The molecule has 2 heterocycles. The van der Waals surface area contributed by atoms with Gasteiger partial charge in [0.1, 0.15) is 6.61 Å². The highest BCUT2D eigenvalue weighted by molar-refractivity contribution is 7.12. The molecule has 0 aliphatic carbocycles. The normalized spacial score (nSPS) is 14.6. The number of hydrogen-bond acceptors (Lipinski definition) is 4. The molecule has 0 radical (unpaired) electrons. The lowest BCUT2D eigenvalue weighted by Crippen LogP contribution is -2.40. The third-order valence-corrected chi connectivity index (χ3v) is 6.15. The predicted octanol–water partition coefficient (Wildman–Crippen LogP) is 5.01. The predicted molar refractivity (Wildman–Crippen MR) is 115 cm³/mol. The van der Waals surface area contributed by atoms with Crippen molar-refractivity contribution in [2.45, 2.75) is 19.4 Å². The second-order valence-electron chi connectivity index (χ2n) is 7.21. The average molecular weight is 406 g/mol. The number of benzene rings is 2. The first-order valence-electron chi connectivity index (χ1n) is 9.84. The van der Waals surface area contributed by atoms with Gasteiger partial charge in [-0.2, -0.15) is 0 Å². The molecule has 4 nitrogen and oxygen atoms in total. The van der Waals surface area contributed by atoms with Gasteiger partial charge in [-0.25, -0.2) is 0 Å². The molecule has 0 bridgehead atoms. The first-order chi connectivity index (χ1) is 14.2. The molecule has 1 saturated heterocycles. The summed E-state index contributed by atoms with van der Waals surface area (Å²) in [5.74, 6) is -0.239. The molecule has 148 valence electrons. The lowest BCUT2D eigenvalue weighted by Gasteiger charge is -2.30. The van der Waals surface area contributed by atoms with Gasteiger partial charge in [-0.1, -0.05) is 60.7 Å². The van der Waals surface area contributed by atoms with E-state index in [2.05, 4.69) is 12.1 Å². The summed E-state index contributed by atoms with van der Waals surface area (Å²) < 4.78 is 5.54. The van der Waals surface area contributed by atoms with E-state index in [1.807, 2.05) is 64.9 Å². The third kappa shape index (κ3) is 4.74. The number of nitrogens with zero attached hydrogens (tertiary/aromatic N) is 1. The SMILES string of the molecule is O=C(OCc1ccc(-c2ccccc2)cc1)C1CCN(C(=O)c2cccs2)CC1. The first kappa shape index (κ1) is 19.4. The molecule has 0 atom stereocenters. The Kier molecular flexibility index (Phi) is 6.06. The van der Waals surface area contributed by atoms with Crippen LogP contribution in [-0.4, -0.2) is 29.9 Å². The van der Waals surface area contributed by atoms with Crippen molar-refractivity contribution in [3.05, 3.63) is 82.6 Å². The molecule has 0 unspecified atom stereocenters. The lowest BCUT2D eigenvalue weighted by atomic mass is 9.97. The van der Waals surface area contributed by atoms with Gasteiger partial charge in [0.15, 0.2) is 0 Å². The van der Waals surface area contributed by atoms with E-state index in [0.717, 1.165) is 16.0 Å². The summed E-state index contributed by atoms with van der Waals surface area (Å²) in [4.78, 5) is 27.4. The maximum atomic E-state index is 12.4. The van der Waals surface area contributed by atoms with E-state index < -0.39 is 0 Å². The molecule has 1 aromatic heterocycles. The fourth-order valence-electron chi connectivity index (χ4n) is 3.57. The van der Waals surface area contributed by atoms with Gasteiger partial charge in [0.05, 0.1) is 10.8 Å². The van der Waals surface area contributed by atoms with Crippen LogP contribution in [-0.2, 0) is 16.1 Å². The summed E-state index contributed by atoms with van der Waals surface area (Å²) in [5.41, 5.74) is 3.28. The van der Waals surface area contributed by atoms with Crippen LogP contribution in [0.2, 0.25) is 0 Å². The fraction of sp³-hybridized carbons (Fsp3) is 0.250. The van der Waals surface area contributed by atoms with Crippen LogP contribution >= 0.6 is 11.3 Å². The van der Waals surface area contributed by atoms with Gasteiger partial charge in [-0.3, -0.25) is 9.59 Å². The van der Waals surface area contributed by atoms with Crippen molar-refractivity contribution in [2.24, 2.45) is 5.92 Å². The average Bonchev–Trinajstić information content (AvgIpc) is 3.33. The standard InChI is InChI=1S/C24H23NO3S/c26-23(22-7-4-16-29-22)25-14-12-21(13-15-25)24(27)28-17-18-8-10-20(11-9-18)19-5-2-1-3-6-19/h1-11,16,21H,12-15,17H2. The van der Waals surface area contributed by atoms with E-state index in [0.29, 0.717) is 25.9 Å². The molecule has 2 aromatic carbocycles. The number of piperidine rings is 1. The Labute approximate surface area is 174 Å². The molecule has 5 heteroatoms. The Morgan fingerprint density at radius 1 is 0.897 bits per heavy atom. The zero-order valence-electron chi connectivity index (χ0n) is 16.1. The second-order valence-corrected chi connectivity index (χ2v) is 8.16. The van der Waals surface area contributed by atoms with Crippen molar-refractivity contribution in [1.82, 2.24) is 4.90 Å². The van der Waals surface area contributed by atoms with Gasteiger partial charge in [0.25, 0.3) is 5.91 Å². The van der Waals surface area contributed by atoms with Gasteiger partial charge in [0.2, 0.25) is 0 Å². The van der Waals surface area contributed by atoms with Crippen LogP contribution in [0.1, 0.15) is 28.1 Å². The molecule has 0 N–H and O–H groups in total. The zero-order chi connectivity index (χ0) is 20.1. The highest BCUT2D eigenvalue weighted by atomic mass is 32.1. The molecular weight excluding hydrogens is 382 g/mol. The highest BCUT2D eigenvalue weighted by Gasteiger charge is 2.29. The minimum absolute atomic E-state index is 0.0605. The topological polar surface area (TPSA) is 46.6 Å². The Morgan fingerprint density at radius 3 is 2.24 bits per heavy atom. The molecule has 1 aliphatic heterocycles. The van der Waals surface area contributed by atoms with Crippen LogP contribution in [0.25, 0.3) is 11.1 Å². The highest BCUT2D eigenvalue weighted by Crippen LogP contribution is 2.23. The summed E-state index contributed by atoms with van der Waals surface area (Å²) in [6.07, 6.45) is 1.31. The maximum Gasteiger partial charge on any atom is 0.309 e. The number of hydrogen-bond donors (Lipinski definition) is 0. The molecule has 0 saturated carbocycles. The van der Waals surface area contributed by atoms with Crippen LogP contribution in [0.15, 0.2) is 72.1 Å². The Bertz CT molecular complexity index is 944. The van der Waals surface area contributed by atoms with Crippen molar-refractivity contribution < 1.29 is 14.3 Å². The van der Waals surface area contributed by atoms with Gasteiger partial charge >= 0.3 is 5.97 Å². The Morgan fingerprint density at radius 2 is 1.59 bits per heavy atom. The lowest BCUT2D eigenvalue weighted by molar-refractivity contribution is -0.151. The van der Waals surface area contributed by atoms with Crippen LogP contribution in [0.4, 0.5) is 0 Å². The third-order valence-electron chi connectivity index (χ3n) is 5.29. The largest absolute Gasteiger partial charge is 0.461 e. The van der Waals surface area contributed by atoms with E-state index >= 15 is 0 Å². The van der Waals surface area contributed by atoms with Crippen molar-refractivity contribution >= 4 is 23.2 Å². The van der Waals surface area contributed by atoms with Crippen LogP contribution in [0.5, 0.6) is 0 Å². The summed E-state index contributed by atoms with van der Waals surface area (Å²) in [7, 11) is 0. The number of thiophene rings is 1. The number of likely N-dealkylation sites (tertiary alicyclic amines) is 1. The summed E-state index contributed by atoms with van der Waals surface area (Å²) in [6.45, 7) is 1.48. The van der Waals surface area contributed by atoms with Crippen LogP contribution in [0.3, 0.4) is 0 Å². The first-order valence-corrected chi connectivity index (χ1v) is 10.7. The quantitative estimate of drug-likeness (QED) is 0.561. The fourth-order valence-corrected chi connectivity index (χ4v) is 4.26. The Hall–Kier alpha value is -2.92. The van der Waals surface area contributed by atoms with Crippen molar-refractivity contribution in [3.8, 4) is 11.1 Å². The van der Waals surface area contributed by atoms with E-state index in [1.165, 1.54) is 16.9 Å². The molecular formula is C24H23NO3S. The van der Waals surface area contributed by atoms with Crippen LogP contribution in [0, 0.1) is 5.92 Å². The maximum absolute atomic E-state index is 12.4. The van der Waals surface area contributed by atoms with Gasteiger partial charge in [0, 0.05) is 13.1 Å². The van der Waals surface area contributed by atoms with Crippen molar-refractivity contribution in [1.29, 1.82) is 0 Å². The minimum atomic E-state index is -0.166. The second kappa shape index (κ2) is 9.05. The van der Waals surface area contributed by atoms with Crippen LogP contribution < -0.4 is 0 Å².